The zero-order chi connectivity index (χ0) is 31.8. The zero-order valence-corrected chi connectivity index (χ0v) is 25.6. The summed E-state index contributed by atoms with van der Waals surface area (Å²) in [4.78, 5) is 36.0. The summed E-state index contributed by atoms with van der Waals surface area (Å²) in [6.45, 7) is 3.03. The molecule has 2 saturated carbocycles. The first-order valence-corrected chi connectivity index (χ1v) is 16.0. The molecular weight excluding hydrogens is 585 g/mol. The molecule has 1 saturated heterocycles. The van der Waals surface area contributed by atoms with E-state index >= 15 is 0 Å². The van der Waals surface area contributed by atoms with Gasteiger partial charge in [0.25, 0.3) is 0 Å². The third-order valence-corrected chi connectivity index (χ3v) is 9.76. The number of aromatic nitrogens is 3. The number of rotatable bonds is 12. The Labute approximate surface area is 266 Å². The molecule has 2 aliphatic carbocycles. The number of carbonyl (C=O) groups excluding carboxylic acids is 1. The second-order valence-corrected chi connectivity index (χ2v) is 13.1. The molecule has 3 aliphatic rings. The molecule has 2 aromatic carbocycles. The third-order valence-electron chi connectivity index (χ3n) is 9.76. The summed E-state index contributed by atoms with van der Waals surface area (Å²) in [5.74, 6) is 0.246. The highest BCUT2D eigenvalue weighted by molar-refractivity contribution is 5.99. The Balaban J connectivity index is 0.995. The number of Topliss-reactive ketones (excluding diaryl/α,β-unsaturated/α-hetero) is 1. The average Bonchev–Trinajstić information content (AvgIpc) is 4.00. The molecule has 236 valence electrons. The van der Waals surface area contributed by atoms with Gasteiger partial charge in [-0.3, -0.25) is 9.69 Å². The lowest BCUT2D eigenvalue weighted by atomic mass is 9.93. The van der Waals surface area contributed by atoms with E-state index in [2.05, 4.69) is 15.5 Å². The van der Waals surface area contributed by atoms with Gasteiger partial charge in [0.1, 0.15) is 18.2 Å². The van der Waals surface area contributed by atoms with Crippen LogP contribution in [0, 0.1) is 28.5 Å². The standard InChI is InChI=1S/C36H36FN5O4/c37-28-18-25(34(43)24-4-5-24)6-7-27(28)21-46-33-3-1-2-29(40-33)23-10-16-41(17-11-23)20-32-39-30-9-8-26(35(44)45)19-31(30)42(32)22-36(12-13-36)14-15-38/h1-3,6-9,18-19,23-24H,4-5,10-14,16-17,20-22H2,(H,44,45). The largest absolute Gasteiger partial charge is 0.478 e. The summed E-state index contributed by atoms with van der Waals surface area (Å²) in [7, 11) is 0. The second-order valence-electron chi connectivity index (χ2n) is 13.1. The van der Waals surface area contributed by atoms with Crippen molar-refractivity contribution in [3.63, 3.8) is 0 Å². The normalized spacial score (nSPS) is 17.9. The van der Waals surface area contributed by atoms with Crippen LogP contribution in [0.15, 0.2) is 54.6 Å². The van der Waals surface area contributed by atoms with Crippen molar-refractivity contribution in [1.82, 2.24) is 19.4 Å². The number of carboxylic acids is 1. The topological polar surface area (TPSA) is 121 Å². The van der Waals surface area contributed by atoms with Crippen molar-refractivity contribution in [3.8, 4) is 11.9 Å². The fraction of sp³-hybridized carbons (Fsp3) is 0.417. The van der Waals surface area contributed by atoms with Crippen molar-refractivity contribution >= 4 is 22.8 Å². The lowest BCUT2D eigenvalue weighted by Crippen LogP contribution is -2.34. The number of ether oxygens (including phenoxy) is 1. The number of carboxylic acid groups (broad SMARTS) is 1. The van der Waals surface area contributed by atoms with Gasteiger partial charge >= 0.3 is 5.97 Å². The number of halogens is 1. The van der Waals surface area contributed by atoms with Gasteiger partial charge in [0.2, 0.25) is 5.88 Å². The van der Waals surface area contributed by atoms with E-state index in [-0.39, 0.29) is 35.2 Å². The number of nitrogens with zero attached hydrogens (tertiary/aromatic N) is 5. The van der Waals surface area contributed by atoms with Gasteiger partial charge < -0.3 is 14.4 Å². The van der Waals surface area contributed by atoms with Crippen LogP contribution in [0.3, 0.4) is 0 Å². The SMILES string of the molecule is N#CCC1(Cn2c(CN3CCC(c4cccc(OCc5ccc(C(=O)C6CC6)cc5F)n4)CC3)nc3ccc(C(=O)O)cc32)CC1. The molecule has 9 nitrogen and oxygen atoms in total. The van der Waals surface area contributed by atoms with Crippen molar-refractivity contribution < 1.29 is 23.8 Å². The van der Waals surface area contributed by atoms with Gasteiger partial charge in [-0.05, 0) is 81.9 Å². The fourth-order valence-electron chi connectivity index (χ4n) is 6.55. The molecule has 1 N–H and O–H groups in total. The first-order chi connectivity index (χ1) is 22.3. The highest BCUT2D eigenvalue weighted by atomic mass is 19.1. The number of benzene rings is 2. The Morgan fingerprint density at radius 1 is 1.02 bits per heavy atom. The summed E-state index contributed by atoms with van der Waals surface area (Å²) < 4.78 is 22.7. The van der Waals surface area contributed by atoms with Crippen molar-refractivity contribution in [3.05, 3.63) is 88.6 Å². The summed E-state index contributed by atoms with van der Waals surface area (Å²) in [6, 6.07) is 17.7. The van der Waals surface area contributed by atoms with E-state index in [1.165, 1.54) is 6.07 Å². The van der Waals surface area contributed by atoms with Crippen molar-refractivity contribution in [1.29, 1.82) is 5.26 Å². The van der Waals surface area contributed by atoms with Crippen LogP contribution >= 0.6 is 0 Å². The van der Waals surface area contributed by atoms with E-state index in [4.69, 9.17) is 14.7 Å². The van der Waals surface area contributed by atoms with Crippen LogP contribution in [0.1, 0.15) is 88.7 Å². The minimum atomic E-state index is -0.970. The van der Waals surface area contributed by atoms with Gasteiger partial charge in [0.15, 0.2) is 5.78 Å². The molecule has 46 heavy (non-hydrogen) atoms. The maximum Gasteiger partial charge on any atom is 0.335 e. The molecule has 0 radical (unpaired) electrons. The van der Waals surface area contributed by atoms with E-state index in [1.807, 2.05) is 12.1 Å². The zero-order valence-electron chi connectivity index (χ0n) is 25.6. The summed E-state index contributed by atoms with van der Waals surface area (Å²) in [6.07, 6.45) is 6.04. The van der Waals surface area contributed by atoms with E-state index in [9.17, 15) is 24.3 Å². The van der Waals surface area contributed by atoms with E-state index in [0.29, 0.717) is 36.5 Å². The van der Waals surface area contributed by atoms with Gasteiger partial charge in [-0.15, -0.1) is 0 Å². The van der Waals surface area contributed by atoms with Gasteiger partial charge in [0.05, 0.1) is 29.2 Å². The lowest BCUT2D eigenvalue weighted by Gasteiger charge is -2.31. The number of hydrogen-bond donors (Lipinski definition) is 1. The number of pyridine rings is 1. The summed E-state index contributed by atoms with van der Waals surface area (Å²) in [5.41, 5.74) is 3.50. The molecule has 2 aromatic heterocycles. The summed E-state index contributed by atoms with van der Waals surface area (Å²) >= 11 is 0. The number of imidazole rings is 1. The monoisotopic (exact) mass is 621 g/mol. The van der Waals surface area contributed by atoms with Gasteiger partial charge in [-0.25, -0.2) is 19.2 Å². The maximum absolute atomic E-state index is 14.7. The predicted molar refractivity (Wildman–Crippen MR) is 168 cm³/mol. The first-order valence-electron chi connectivity index (χ1n) is 16.0. The van der Waals surface area contributed by atoms with Crippen LogP contribution in [0.5, 0.6) is 5.88 Å². The van der Waals surface area contributed by atoms with Crippen molar-refractivity contribution in [2.24, 2.45) is 11.3 Å². The molecule has 0 unspecified atom stereocenters. The third kappa shape index (κ3) is 6.38. The number of hydrogen-bond acceptors (Lipinski definition) is 7. The number of piperidine rings is 1. The molecule has 0 spiro atoms. The molecule has 10 heteroatoms. The first kappa shape index (κ1) is 30.1. The minimum Gasteiger partial charge on any atom is -0.478 e. The van der Waals surface area contributed by atoms with Crippen LogP contribution in [-0.4, -0.2) is 49.4 Å². The van der Waals surface area contributed by atoms with Crippen LogP contribution < -0.4 is 4.74 Å². The number of likely N-dealkylation sites (tertiary alicyclic amines) is 1. The number of aromatic carboxylic acids is 1. The highest BCUT2D eigenvalue weighted by Crippen LogP contribution is 2.50. The number of ketones is 1. The van der Waals surface area contributed by atoms with Crippen molar-refractivity contribution in [2.45, 2.75) is 70.6 Å². The van der Waals surface area contributed by atoms with Crippen LogP contribution in [0.4, 0.5) is 4.39 Å². The number of fused-ring (bicyclic) bond motifs is 1. The molecule has 7 rings (SSSR count). The molecule has 0 bridgehead atoms. The Morgan fingerprint density at radius 3 is 2.50 bits per heavy atom. The fourth-order valence-corrected chi connectivity index (χ4v) is 6.55. The Kier molecular flexibility index (Phi) is 8.03. The van der Waals surface area contributed by atoms with Crippen LogP contribution in [-0.2, 0) is 19.7 Å². The maximum atomic E-state index is 14.7. The Bertz CT molecular complexity index is 1850. The molecular formula is C36H36FN5O4. The van der Waals surface area contributed by atoms with E-state index in [1.54, 1.807) is 36.4 Å². The van der Waals surface area contributed by atoms with E-state index < -0.39 is 11.8 Å². The summed E-state index contributed by atoms with van der Waals surface area (Å²) in [5, 5.41) is 19.0. The van der Waals surface area contributed by atoms with Crippen LogP contribution in [0.2, 0.25) is 0 Å². The quantitative estimate of drug-likeness (QED) is 0.178. The van der Waals surface area contributed by atoms with Crippen LogP contribution in [0.25, 0.3) is 11.0 Å². The molecule has 3 fully saturated rings. The van der Waals surface area contributed by atoms with E-state index in [0.717, 1.165) is 74.2 Å². The smallest absolute Gasteiger partial charge is 0.335 e. The Hall–Kier alpha value is -4.62. The van der Waals surface area contributed by atoms with Gasteiger partial charge in [-0.1, -0.05) is 18.2 Å². The minimum absolute atomic E-state index is 0.0158. The highest BCUT2D eigenvalue weighted by Gasteiger charge is 2.43. The predicted octanol–water partition coefficient (Wildman–Crippen LogP) is 6.51. The molecule has 0 atom stereocenters. The second kappa shape index (κ2) is 12.3. The van der Waals surface area contributed by atoms with Gasteiger partial charge in [-0.2, -0.15) is 5.26 Å². The average molecular weight is 622 g/mol. The molecule has 0 amide bonds. The molecule has 4 aromatic rings. The molecule has 1 aliphatic heterocycles. The number of carbonyl (C=O) groups is 2. The van der Waals surface area contributed by atoms with Gasteiger partial charge in [0, 0.05) is 53.1 Å². The lowest BCUT2D eigenvalue weighted by molar-refractivity contribution is 0.0696. The number of nitriles is 1. The Morgan fingerprint density at radius 2 is 1.80 bits per heavy atom. The molecule has 3 heterocycles. The van der Waals surface area contributed by atoms with Crippen molar-refractivity contribution in [2.75, 3.05) is 13.1 Å².